The topological polar surface area (TPSA) is 42.9 Å². The molecule has 1 aromatic carbocycles. The summed E-state index contributed by atoms with van der Waals surface area (Å²) >= 11 is 0. The summed E-state index contributed by atoms with van der Waals surface area (Å²) in [6.07, 6.45) is 6.39. The number of carbonyl (C=O) groups excluding carboxylic acids is 1. The number of Topliss-reactive ketones (excluding diaryl/α,β-unsaturated/α-hetero) is 1. The van der Waals surface area contributed by atoms with Crippen LogP contribution in [0.1, 0.15) is 66.9 Å². The molecule has 3 heteroatoms. The summed E-state index contributed by atoms with van der Waals surface area (Å²) in [4.78, 5) is 20.6. The van der Waals surface area contributed by atoms with Crippen LogP contribution in [-0.2, 0) is 17.6 Å². The quantitative estimate of drug-likeness (QED) is 0.832. The summed E-state index contributed by atoms with van der Waals surface area (Å²) in [6, 6.07) is 10.4. The van der Waals surface area contributed by atoms with E-state index in [9.17, 15) is 4.79 Å². The van der Waals surface area contributed by atoms with Crippen molar-refractivity contribution in [2.45, 2.75) is 58.3 Å². The van der Waals surface area contributed by atoms with Crippen LogP contribution in [0.15, 0.2) is 30.3 Å². The molecular weight excluding hydrogens is 284 g/mol. The average molecular weight is 308 g/mol. The molecule has 23 heavy (non-hydrogen) atoms. The van der Waals surface area contributed by atoms with E-state index < -0.39 is 0 Å². The Labute approximate surface area is 138 Å². The molecule has 3 rings (SSSR count). The Morgan fingerprint density at radius 1 is 1.09 bits per heavy atom. The van der Waals surface area contributed by atoms with Crippen LogP contribution in [0.25, 0.3) is 0 Å². The third kappa shape index (κ3) is 4.25. The van der Waals surface area contributed by atoms with Gasteiger partial charge in [-0.15, -0.1) is 0 Å². The molecule has 1 aliphatic carbocycles. The van der Waals surface area contributed by atoms with Crippen molar-refractivity contribution >= 4 is 5.78 Å². The molecule has 3 nitrogen and oxygen atoms in total. The Bertz CT molecular complexity index is 685. The second-order valence-electron chi connectivity index (χ2n) is 6.71. The van der Waals surface area contributed by atoms with E-state index in [0.717, 1.165) is 29.2 Å². The first-order chi connectivity index (χ1) is 11.1. The Morgan fingerprint density at radius 2 is 1.74 bits per heavy atom. The van der Waals surface area contributed by atoms with Crippen LogP contribution < -0.4 is 0 Å². The van der Waals surface area contributed by atoms with Gasteiger partial charge in [-0.1, -0.05) is 37.1 Å². The lowest BCUT2D eigenvalue weighted by Crippen LogP contribution is -2.06. The highest BCUT2D eigenvalue weighted by Gasteiger charge is 2.20. The maximum absolute atomic E-state index is 11.2. The van der Waals surface area contributed by atoms with E-state index in [4.69, 9.17) is 4.98 Å². The van der Waals surface area contributed by atoms with Gasteiger partial charge in [0.1, 0.15) is 11.6 Å². The van der Waals surface area contributed by atoms with Gasteiger partial charge in [0, 0.05) is 30.1 Å². The molecule has 0 atom stereocenters. The van der Waals surface area contributed by atoms with Gasteiger partial charge in [0.2, 0.25) is 0 Å². The number of benzene rings is 1. The summed E-state index contributed by atoms with van der Waals surface area (Å²) in [5, 5.41) is 0. The molecule has 0 radical (unpaired) electrons. The van der Waals surface area contributed by atoms with Crippen molar-refractivity contribution in [3.63, 3.8) is 0 Å². The van der Waals surface area contributed by atoms with Gasteiger partial charge >= 0.3 is 0 Å². The van der Waals surface area contributed by atoms with Crippen LogP contribution in [0, 0.1) is 6.92 Å². The zero-order chi connectivity index (χ0) is 16.2. The van der Waals surface area contributed by atoms with Crippen LogP contribution in [0.4, 0.5) is 0 Å². The standard InChI is InChI=1S/C20H24N2O/c1-14-11-19(22-20(21-14)18-5-3-4-6-18)13-17-9-7-16(8-10-17)12-15(2)23/h7-11,18H,3-6,12-13H2,1-2H3. The van der Waals surface area contributed by atoms with Crippen molar-refractivity contribution in [1.82, 2.24) is 9.97 Å². The van der Waals surface area contributed by atoms with E-state index in [-0.39, 0.29) is 5.78 Å². The Balaban J connectivity index is 1.75. The number of nitrogens with zero attached hydrogens (tertiary/aromatic N) is 2. The van der Waals surface area contributed by atoms with Gasteiger partial charge in [0.05, 0.1) is 0 Å². The van der Waals surface area contributed by atoms with E-state index in [1.807, 2.05) is 12.1 Å². The van der Waals surface area contributed by atoms with E-state index >= 15 is 0 Å². The van der Waals surface area contributed by atoms with Crippen LogP contribution >= 0.6 is 0 Å². The number of hydrogen-bond acceptors (Lipinski definition) is 3. The molecule has 1 fully saturated rings. The van der Waals surface area contributed by atoms with Gasteiger partial charge in [-0.2, -0.15) is 0 Å². The zero-order valence-corrected chi connectivity index (χ0v) is 14.0. The van der Waals surface area contributed by atoms with Gasteiger partial charge in [-0.25, -0.2) is 9.97 Å². The molecular formula is C20H24N2O. The van der Waals surface area contributed by atoms with Crippen molar-refractivity contribution in [1.29, 1.82) is 0 Å². The van der Waals surface area contributed by atoms with Crippen LogP contribution in [0.3, 0.4) is 0 Å². The van der Waals surface area contributed by atoms with Crippen molar-refractivity contribution in [2.75, 3.05) is 0 Å². The number of ketones is 1. The van der Waals surface area contributed by atoms with Gasteiger partial charge in [0.25, 0.3) is 0 Å². The summed E-state index contributed by atoms with van der Waals surface area (Å²) in [5.74, 6) is 1.78. The Morgan fingerprint density at radius 3 is 2.39 bits per heavy atom. The molecule has 2 aromatic rings. The first-order valence-corrected chi connectivity index (χ1v) is 8.52. The minimum absolute atomic E-state index is 0.199. The molecule has 0 unspecified atom stereocenters. The predicted molar refractivity (Wildman–Crippen MR) is 91.6 cm³/mol. The first kappa shape index (κ1) is 15.9. The van der Waals surface area contributed by atoms with E-state index in [2.05, 4.69) is 30.1 Å². The summed E-state index contributed by atoms with van der Waals surface area (Å²) in [6.45, 7) is 3.68. The number of hydrogen-bond donors (Lipinski definition) is 0. The highest BCUT2D eigenvalue weighted by molar-refractivity contribution is 5.78. The first-order valence-electron chi connectivity index (χ1n) is 8.52. The van der Waals surface area contributed by atoms with Crippen LogP contribution in [0.2, 0.25) is 0 Å². The lowest BCUT2D eigenvalue weighted by Gasteiger charge is -2.11. The molecule has 120 valence electrons. The van der Waals surface area contributed by atoms with Crippen molar-refractivity contribution in [2.24, 2.45) is 0 Å². The van der Waals surface area contributed by atoms with E-state index in [1.165, 1.54) is 31.2 Å². The van der Waals surface area contributed by atoms with Crippen molar-refractivity contribution < 1.29 is 4.79 Å². The molecule has 1 aliphatic rings. The van der Waals surface area contributed by atoms with Gasteiger partial charge in [-0.3, -0.25) is 4.79 Å². The normalized spacial score (nSPS) is 15.0. The monoisotopic (exact) mass is 308 g/mol. The fourth-order valence-corrected chi connectivity index (χ4v) is 3.39. The molecule has 1 aromatic heterocycles. The molecule has 1 saturated carbocycles. The van der Waals surface area contributed by atoms with Crippen LogP contribution in [0.5, 0.6) is 0 Å². The van der Waals surface area contributed by atoms with Gasteiger partial charge in [-0.05, 0) is 43.9 Å². The van der Waals surface area contributed by atoms with Crippen LogP contribution in [-0.4, -0.2) is 15.8 Å². The molecule has 0 amide bonds. The molecule has 0 aliphatic heterocycles. The third-order valence-electron chi connectivity index (χ3n) is 4.51. The highest BCUT2D eigenvalue weighted by atomic mass is 16.1. The van der Waals surface area contributed by atoms with E-state index in [1.54, 1.807) is 6.92 Å². The number of aryl methyl sites for hydroxylation is 1. The lowest BCUT2D eigenvalue weighted by atomic mass is 10.0. The second-order valence-corrected chi connectivity index (χ2v) is 6.71. The lowest BCUT2D eigenvalue weighted by molar-refractivity contribution is -0.116. The summed E-state index contributed by atoms with van der Waals surface area (Å²) in [5.41, 5.74) is 4.46. The Kier molecular flexibility index (Phi) is 4.85. The molecule has 0 spiro atoms. The minimum Gasteiger partial charge on any atom is -0.300 e. The SMILES string of the molecule is CC(=O)Cc1ccc(Cc2cc(C)nc(C3CCCC3)n2)cc1. The zero-order valence-electron chi connectivity index (χ0n) is 14.0. The Hall–Kier alpha value is -2.03. The molecule has 0 saturated heterocycles. The predicted octanol–water partition coefficient (Wildman–Crippen LogP) is 4.16. The fraction of sp³-hybridized carbons (Fsp3) is 0.450. The number of rotatable bonds is 5. The largest absolute Gasteiger partial charge is 0.300 e. The second kappa shape index (κ2) is 7.03. The third-order valence-corrected chi connectivity index (χ3v) is 4.51. The van der Waals surface area contributed by atoms with Gasteiger partial charge < -0.3 is 0 Å². The summed E-state index contributed by atoms with van der Waals surface area (Å²) < 4.78 is 0. The van der Waals surface area contributed by atoms with E-state index in [0.29, 0.717) is 12.3 Å². The molecule has 0 N–H and O–H groups in total. The maximum Gasteiger partial charge on any atom is 0.134 e. The average Bonchev–Trinajstić information content (AvgIpc) is 3.02. The minimum atomic E-state index is 0.199. The highest BCUT2D eigenvalue weighted by Crippen LogP contribution is 2.32. The molecule has 0 bridgehead atoms. The smallest absolute Gasteiger partial charge is 0.134 e. The fourth-order valence-electron chi connectivity index (χ4n) is 3.39. The summed E-state index contributed by atoms with van der Waals surface area (Å²) in [7, 11) is 0. The van der Waals surface area contributed by atoms with Gasteiger partial charge in [0.15, 0.2) is 0 Å². The van der Waals surface area contributed by atoms with Crippen molar-refractivity contribution in [3.05, 3.63) is 58.7 Å². The number of aromatic nitrogens is 2. The van der Waals surface area contributed by atoms with Crippen molar-refractivity contribution in [3.8, 4) is 0 Å². The molecule has 1 heterocycles. The maximum atomic E-state index is 11.2. The number of carbonyl (C=O) groups is 1.